The molecule has 0 spiro atoms. The van der Waals surface area contributed by atoms with Gasteiger partial charge in [-0.3, -0.25) is 0 Å². The average molecular weight is 300 g/mol. The van der Waals surface area contributed by atoms with E-state index in [0.717, 1.165) is 0 Å². The molecule has 2 unspecified atom stereocenters. The van der Waals surface area contributed by atoms with Gasteiger partial charge in [0.15, 0.2) is 0 Å². The van der Waals surface area contributed by atoms with Crippen molar-refractivity contribution in [1.82, 2.24) is 10.3 Å². The lowest BCUT2D eigenvalue weighted by atomic mass is 9.89. The smallest absolute Gasteiger partial charge is 0.109 e. The van der Waals surface area contributed by atoms with Gasteiger partial charge in [0.1, 0.15) is 5.01 Å². The fraction of sp³-hybridized carbons (Fsp3) is 0.500. The highest BCUT2D eigenvalue weighted by molar-refractivity contribution is 7.11. The van der Waals surface area contributed by atoms with Crippen molar-refractivity contribution in [3.8, 4) is 0 Å². The van der Waals surface area contributed by atoms with Gasteiger partial charge in [0.25, 0.3) is 0 Å². The van der Waals surface area contributed by atoms with Gasteiger partial charge in [0.05, 0.1) is 6.04 Å². The van der Waals surface area contributed by atoms with E-state index in [-0.39, 0.29) is 0 Å². The van der Waals surface area contributed by atoms with Crippen molar-refractivity contribution in [2.45, 2.75) is 58.5 Å². The first-order valence-electron chi connectivity index (χ1n) is 7.93. The van der Waals surface area contributed by atoms with Gasteiger partial charge >= 0.3 is 0 Å². The number of nitrogens with zero attached hydrogens (tertiary/aromatic N) is 1. The average Bonchev–Trinajstić information content (AvgIpc) is 2.93. The van der Waals surface area contributed by atoms with Gasteiger partial charge < -0.3 is 5.32 Å². The Bertz CT molecular complexity index is 617. The van der Waals surface area contributed by atoms with Crippen LogP contribution in [0.5, 0.6) is 0 Å². The van der Waals surface area contributed by atoms with Crippen LogP contribution in [0.25, 0.3) is 0 Å². The maximum atomic E-state index is 4.49. The first kappa shape index (κ1) is 14.7. The Balaban J connectivity index is 1.71. The SMILES string of the molecule is Cc1cnc(C(C)NC(C)c2ccc3c(c2)CCCC3)s1. The van der Waals surface area contributed by atoms with Gasteiger partial charge in [-0.25, -0.2) is 4.98 Å². The van der Waals surface area contributed by atoms with Gasteiger partial charge in [-0.1, -0.05) is 18.2 Å². The maximum absolute atomic E-state index is 4.49. The molecule has 1 aliphatic carbocycles. The Kier molecular flexibility index (Phi) is 4.41. The number of nitrogens with one attached hydrogen (secondary N) is 1. The molecule has 2 aromatic rings. The molecule has 0 fully saturated rings. The summed E-state index contributed by atoms with van der Waals surface area (Å²) in [5.41, 5.74) is 4.52. The lowest BCUT2D eigenvalue weighted by Gasteiger charge is -2.22. The van der Waals surface area contributed by atoms with E-state index in [1.807, 2.05) is 6.20 Å². The third-order valence-corrected chi connectivity index (χ3v) is 5.48. The highest BCUT2D eigenvalue weighted by Crippen LogP contribution is 2.27. The molecule has 21 heavy (non-hydrogen) atoms. The van der Waals surface area contributed by atoms with E-state index in [0.29, 0.717) is 12.1 Å². The monoisotopic (exact) mass is 300 g/mol. The van der Waals surface area contributed by atoms with Gasteiger partial charge in [0.2, 0.25) is 0 Å². The van der Waals surface area contributed by atoms with E-state index in [2.05, 4.69) is 49.3 Å². The summed E-state index contributed by atoms with van der Waals surface area (Å²) >= 11 is 1.78. The van der Waals surface area contributed by atoms with Crippen LogP contribution in [0.15, 0.2) is 24.4 Å². The van der Waals surface area contributed by atoms with Crippen LogP contribution in [0.2, 0.25) is 0 Å². The summed E-state index contributed by atoms with van der Waals surface area (Å²) in [4.78, 5) is 5.77. The number of hydrogen-bond donors (Lipinski definition) is 1. The molecule has 2 nitrogen and oxygen atoms in total. The van der Waals surface area contributed by atoms with Crippen molar-refractivity contribution in [2.75, 3.05) is 0 Å². The van der Waals surface area contributed by atoms with Crippen LogP contribution >= 0.6 is 11.3 Å². The predicted octanol–water partition coefficient (Wildman–Crippen LogP) is 4.74. The molecule has 1 aromatic heterocycles. The molecule has 3 rings (SSSR count). The first-order chi connectivity index (χ1) is 10.1. The highest BCUT2D eigenvalue weighted by atomic mass is 32.1. The molecule has 0 saturated heterocycles. The van der Waals surface area contributed by atoms with E-state index >= 15 is 0 Å². The minimum atomic E-state index is 0.301. The largest absolute Gasteiger partial charge is 0.302 e. The summed E-state index contributed by atoms with van der Waals surface area (Å²) in [6, 6.07) is 7.69. The topological polar surface area (TPSA) is 24.9 Å². The normalized spacial score (nSPS) is 17.3. The fourth-order valence-electron chi connectivity index (χ4n) is 3.14. The number of thiazole rings is 1. The minimum Gasteiger partial charge on any atom is -0.302 e. The molecule has 1 N–H and O–H groups in total. The van der Waals surface area contributed by atoms with Crippen LogP contribution in [0, 0.1) is 6.92 Å². The van der Waals surface area contributed by atoms with Crippen LogP contribution in [-0.2, 0) is 12.8 Å². The van der Waals surface area contributed by atoms with E-state index in [1.165, 1.54) is 41.1 Å². The van der Waals surface area contributed by atoms with Gasteiger partial charge in [-0.05, 0) is 63.1 Å². The first-order valence-corrected chi connectivity index (χ1v) is 8.75. The molecular weight excluding hydrogens is 276 g/mol. The molecule has 1 aromatic carbocycles. The van der Waals surface area contributed by atoms with Crippen LogP contribution in [0.3, 0.4) is 0 Å². The van der Waals surface area contributed by atoms with Crippen molar-refractivity contribution < 1.29 is 0 Å². The molecule has 2 atom stereocenters. The van der Waals surface area contributed by atoms with Crippen molar-refractivity contribution in [2.24, 2.45) is 0 Å². The zero-order valence-electron chi connectivity index (χ0n) is 13.1. The Morgan fingerprint density at radius 1 is 1.10 bits per heavy atom. The number of rotatable bonds is 4. The molecule has 3 heteroatoms. The van der Waals surface area contributed by atoms with Crippen molar-refractivity contribution in [1.29, 1.82) is 0 Å². The van der Waals surface area contributed by atoms with Crippen molar-refractivity contribution >= 4 is 11.3 Å². The Labute approximate surface area is 131 Å². The Hall–Kier alpha value is -1.19. The third kappa shape index (κ3) is 3.35. The third-order valence-electron chi connectivity index (χ3n) is 4.38. The molecule has 0 amide bonds. The van der Waals surface area contributed by atoms with Gasteiger partial charge in [0, 0.05) is 17.1 Å². The maximum Gasteiger partial charge on any atom is 0.109 e. The quantitative estimate of drug-likeness (QED) is 0.882. The second-order valence-corrected chi connectivity index (χ2v) is 7.42. The van der Waals surface area contributed by atoms with E-state index in [4.69, 9.17) is 0 Å². The number of aromatic nitrogens is 1. The van der Waals surface area contributed by atoms with Gasteiger partial charge in [-0.2, -0.15) is 0 Å². The standard InChI is InChI=1S/C18H24N2S/c1-12-11-19-18(21-12)14(3)20-13(2)16-9-8-15-6-4-5-7-17(15)10-16/h8-11,13-14,20H,4-7H2,1-3H3. The molecule has 0 saturated carbocycles. The fourth-order valence-corrected chi connectivity index (χ4v) is 3.92. The summed E-state index contributed by atoms with van der Waals surface area (Å²) in [5, 5.41) is 4.86. The molecule has 0 radical (unpaired) electrons. The van der Waals surface area contributed by atoms with Crippen LogP contribution in [0.1, 0.15) is 65.3 Å². The zero-order chi connectivity index (χ0) is 14.8. The molecule has 0 aliphatic heterocycles. The number of aryl methyl sites for hydroxylation is 3. The van der Waals surface area contributed by atoms with Crippen molar-refractivity contribution in [3.05, 3.63) is 51.0 Å². The van der Waals surface area contributed by atoms with E-state index in [9.17, 15) is 0 Å². The van der Waals surface area contributed by atoms with Crippen LogP contribution in [0.4, 0.5) is 0 Å². The molecule has 112 valence electrons. The van der Waals surface area contributed by atoms with Crippen LogP contribution in [-0.4, -0.2) is 4.98 Å². The Morgan fingerprint density at radius 2 is 1.86 bits per heavy atom. The Morgan fingerprint density at radius 3 is 2.57 bits per heavy atom. The minimum absolute atomic E-state index is 0.301. The molecule has 0 bridgehead atoms. The summed E-state index contributed by atoms with van der Waals surface area (Å²) in [6.07, 6.45) is 7.15. The summed E-state index contributed by atoms with van der Waals surface area (Å²) < 4.78 is 0. The molecule has 1 heterocycles. The molecular formula is C18H24N2S. The van der Waals surface area contributed by atoms with E-state index < -0.39 is 0 Å². The van der Waals surface area contributed by atoms with E-state index in [1.54, 1.807) is 22.5 Å². The number of benzene rings is 1. The zero-order valence-corrected chi connectivity index (χ0v) is 14.0. The van der Waals surface area contributed by atoms with Crippen molar-refractivity contribution in [3.63, 3.8) is 0 Å². The molecule has 1 aliphatic rings. The second-order valence-electron chi connectivity index (χ2n) is 6.15. The predicted molar refractivity (Wildman–Crippen MR) is 89.9 cm³/mol. The highest BCUT2D eigenvalue weighted by Gasteiger charge is 2.16. The van der Waals surface area contributed by atoms with Gasteiger partial charge in [-0.15, -0.1) is 11.3 Å². The van der Waals surface area contributed by atoms with Crippen LogP contribution < -0.4 is 5.32 Å². The second kappa shape index (κ2) is 6.29. The lowest BCUT2D eigenvalue weighted by Crippen LogP contribution is -2.22. The number of fused-ring (bicyclic) bond motifs is 1. The summed E-state index contributed by atoms with van der Waals surface area (Å²) in [5.74, 6) is 0. The lowest BCUT2D eigenvalue weighted by molar-refractivity contribution is 0.492. The summed E-state index contributed by atoms with van der Waals surface area (Å²) in [6.45, 7) is 6.56. The summed E-state index contributed by atoms with van der Waals surface area (Å²) in [7, 11) is 0. The number of hydrogen-bond acceptors (Lipinski definition) is 3.